The fourth-order valence-electron chi connectivity index (χ4n) is 2.41. The fourth-order valence-corrected chi connectivity index (χ4v) is 3.09. The summed E-state index contributed by atoms with van der Waals surface area (Å²) in [5.41, 5.74) is 1.44. The Bertz CT molecular complexity index is 308. The largest absolute Gasteiger partial charge is 0.380 e. The minimum Gasteiger partial charge on any atom is -0.380 e. The van der Waals surface area contributed by atoms with Crippen LogP contribution in [0.4, 0.5) is 0 Å². The van der Waals surface area contributed by atoms with Crippen LogP contribution in [-0.4, -0.2) is 25.8 Å². The number of thiophene rings is 1. The highest BCUT2D eigenvalue weighted by Gasteiger charge is 2.36. The van der Waals surface area contributed by atoms with Gasteiger partial charge in [-0.2, -0.15) is 11.3 Å². The maximum Gasteiger partial charge on any atom is 0.0755 e. The molecule has 1 heterocycles. The van der Waals surface area contributed by atoms with Gasteiger partial charge < -0.3 is 10.1 Å². The van der Waals surface area contributed by atoms with Crippen molar-refractivity contribution in [2.45, 2.75) is 44.8 Å². The molecule has 96 valence electrons. The van der Waals surface area contributed by atoms with E-state index in [0.29, 0.717) is 12.1 Å². The van der Waals surface area contributed by atoms with E-state index in [-0.39, 0.29) is 0 Å². The molecule has 1 aliphatic carbocycles. The van der Waals surface area contributed by atoms with Gasteiger partial charge in [0.25, 0.3) is 0 Å². The van der Waals surface area contributed by atoms with Gasteiger partial charge in [-0.1, -0.05) is 6.92 Å². The first kappa shape index (κ1) is 13.1. The Labute approximate surface area is 108 Å². The molecule has 0 bridgehead atoms. The van der Waals surface area contributed by atoms with E-state index in [1.165, 1.54) is 24.8 Å². The highest BCUT2D eigenvalue weighted by Crippen LogP contribution is 2.36. The summed E-state index contributed by atoms with van der Waals surface area (Å²) >= 11 is 1.78. The molecule has 1 saturated carbocycles. The average Bonchev–Trinajstić information content (AvgIpc) is 3.04. The van der Waals surface area contributed by atoms with E-state index >= 15 is 0 Å². The summed E-state index contributed by atoms with van der Waals surface area (Å²) < 4.78 is 5.72. The van der Waals surface area contributed by atoms with Gasteiger partial charge in [-0.05, 0) is 60.5 Å². The van der Waals surface area contributed by atoms with E-state index in [1.807, 2.05) is 7.11 Å². The molecular formula is C14H23NOS. The first-order chi connectivity index (χ1) is 8.35. The molecular weight excluding hydrogens is 230 g/mol. The van der Waals surface area contributed by atoms with E-state index in [4.69, 9.17) is 4.74 Å². The van der Waals surface area contributed by atoms with Crippen molar-refractivity contribution in [3.63, 3.8) is 0 Å². The van der Waals surface area contributed by atoms with Crippen LogP contribution in [0, 0.1) is 5.92 Å². The van der Waals surface area contributed by atoms with Crippen LogP contribution in [-0.2, 0) is 11.2 Å². The van der Waals surface area contributed by atoms with Gasteiger partial charge in [0.05, 0.1) is 6.10 Å². The van der Waals surface area contributed by atoms with Gasteiger partial charge in [-0.15, -0.1) is 0 Å². The van der Waals surface area contributed by atoms with Gasteiger partial charge in [0, 0.05) is 13.2 Å². The number of hydrogen-bond acceptors (Lipinski definition) is 3. The smallest absolute Gasteiger partial charge is 0.0755 e. The molecule has 0 saturated heterocycles. The summed E-state index contributed by atoms with van der Waals surface area (Å²) in [6.07, 6.45) is 5.35. The van der Waals surface area contributed by atoms with Gasteiger partial charge >= 0.3 is 0 Å². The summed E-state index contributed by atoms with van der Waals surface area (Å²) in [5, 5.41) is 8.07. The van der Waals surface area contributed by atoms with Crippen molar-refractivity contribution in [1.82, 2.24) is 5.32 Å². The maximum absolute atomic E-state index is 5.72. The molecule has 1 N–H and O–H groups in total. The third-order valence-corrected chi connectivity index (χ3v) is 4.18. The SMILES string of the molecule is CCCNC(Cc1ccsc1)C(OC)C1CC1. The van der Waals surface area contributed by atoms with Crippen molar-refractivity contribution in [1.29, 1.82) is 0 Å². The van der Waals surface area contributed by atoms with Crippen molar-refractivity contribution in [2.24, 2.45) is 5.92 Å². The summed E-state index contributed by atoms with van der Waals surface area (Å²) in [5.74, 6) is 0.785. The molecule has 0 radical (unpaired) electrons. The van der Waals surface area contributed by atoms with Crippen LogP contribution in [0.5, 0.6) is 0 Å². The van der Waals surface area contributed by atoms with Gasteiger partial charge in [0.1, 0.15) is 0 Å². The van der Waals surface area contributed by atoms with Crippen LogP contribution in [0.1, 0.15) is 31.7 Å². The number of hydrogen-bond donors (Lipinski definition) is 1. The molecule has 2 atom stereocenters. The second-order valence-corrected chi connectivity index (χ2v) is 5.71. The third-order valence-electron chi connectivity index (χ3n) is 3.45. The van der Waals surface area contributed by atoms with E-state index in [2.05, 4.69) is 29.1 Å². The molecule has 0 aliphatic heterocycles. The Morgan fingerprint density at radius 2 is 2.35 bits per heavy atom. The number of methoxy groups -OCH3 is 1. The lowest BCUT2D eigenvalue weighted by Gasteiger charge is -2.27. The normalized spacial score (nSPS) is 19.2. The zero-order valence-electron chi connectivity index (χ0n) is 10.8. The van der Waals surface area contributed by atoms with Crippen LogP contribution in [0.2, 0.25) is 0 Å². The van der Waals surface area contributed by atoms with Crippen molar-refractivity contribution >= 4 is 11.3 Å². The summed E-state index contributed by atoms with van der Waals surface area (Å²) in [6.45, 7) is 3.30. The molecule has 1 fully saturated rings. The summed E-state index contributed by atoms with van der Waals surface area (Å²) in [4.78, 5) is 0. The Morgan fingerprint density at radius 1 is 1.53 bits per heavy atom. The molecule has 2 nitrogen and oxygen atoms in total. The molecule has 1 aromatic rings. The highest BCUT2D eigenvalue weighted by molar-refractivity contribution is 7.07. The van der Waals surface area contributed by atoms with E-state index in [1.54, 1.807) is 11.3 Å². The minimum absolute atomic E-state index is 0.390. The second kappa shape index (κ2) is 6.53. The molecule has 0 spiro atoms. The maximum atomic E-state index is 5.72. The van der Waals surface area contributed by atoms with Crippen LogP contribution in [0.25, 0.3) is 0 Å². The number of rotatable bonds is 8. The van der Waals surface area contributed by atoms with Crippen LogP contribution in [0.15, 0.2) is 16.8 Å². The highest BCUT2D eigenvalue weighted by atomic mass is 32.1. The predicted molar refractivity (Wildman–Crippen MR) is 73.6 cm³/mol. The van der Waals surface area contributed by atoms with Gasteiger partial charge in [-0.3, -0.25) is 0 Å². The minimum atomic E-state index is 0.390. The zero-order chi connectivity index (χ0) is 12.1. The lowest BCUT2D eigenvalue weighted by Crippen LogP contribution is -2.44. The topological polar surface area (TPSA) is 21.3 Å². The summed E-state index contributed by atoms with van der Waals surface area (Å²) in [7, 11) is 1.86. The van der Waals surface area contributed by atoms with Gasteiger partial charge in [0.2, 0.25) is 0 Å². The monoisotopic (exact) mass is 253 g/mol. The van der Waals surface area contributed by atoms with Crippen molar-refractivity contribution in [3.8, 4) is 0 Å². The Morgan fingerprint density at radius 3 is 2.88 bits per heavy atom. The quantitative estimate of drug-likeness (QED) is 0.769. The van der Waals surface area contributed by atoms with E-state index < -0.39 is 0 Å². The fraction of sp³-hybridized carbons (Fsp3) is 0.714. The van der Waals surface area contributed by atoms with Gasteiger partial charge in [0.15, 0.2) is 0 Å². The Balaban J connectivity index is 1.95. The molecule has 0 aromatic carbocycles. The lowest BCUT2D eigenvalue weighted by atomic mass is 9.99. The Kier molecular flexibility index (Phi) is 5.01. The summed E-state index contributed by atoms with van der Waals surface area (Å²) in [6, 6.07) is 2.70. The molecule has 2 rings (SSSR count). The molecule has 0 amide bonds. The van der Waals surface area contributed by atoms with Crippen LogP contribution < -0.4 is 5.32 Å². The van der Waals surface area contributed by atoms with Gasteiger partial charge in [-0.25, -0.2) is 0 Å². The molecule has 1 aromatic heterocycles. The standard InChI is InChI=1S/C14H23NOS/c1-3-7-15-13(9-11-6-8-17-10-11)14(16-2)12-4-5-12/h6,8,10,12-15H,3-5,7,9H2,1-2H3. The molecule has 17 heavy (non-hydrogen) atoms. The van der Waals surface area contributed by atoms with Crippen molar-refractivity contribution in [2.75, 3.05) is 13.7 Å². The average molecular weight is 253 g/mol. The third kappa shape index (κ3) is 3.80. The van der Waals surface area contributed by atoms with E-state index in [9.17, 15) is 0 Å². The van der Waals surface area contributed by atoms with E-state index in [0.717, 1.165) is 18.9 Å². The van der Waals surface area contributed by atoms with Crippen molar-refractivity contribution in [3.05, 3.63) is 22.4 Å². The second-order valence-electron chi connectivity index (χ2n) is 4.93. The Hall–Kier alpha value is -0.380. The number of nitrogens with one attached hydrogen (secondary N) is 1. The predicted octanol–water partition coefficient (Wildman–Crippen LogP) is 3.08. The molecule has 2 unspecified atom stereocenters. The lowest BCUT2D eigenvalue weighted by molar-refractivity contribution is 0.0511. The molecule has 1 aliphatic rings. The zero-order valence-corrected chi connectivity index (χ0v) is 11.6. The van der Waals surface area contributed by atoms with Crippen LogP contribution >= 0.6 is 11.3 Å². The number of ether oxygens (including phenoxy) is 1. The van der Waals surface area contributed by atoms with Crippen LogP contribution in [0.3, 0.4) is 0 Å². The van der Waals surface area contributed by atoms with Crippen molar-refractivity contribution < 1.29 is 4.74 Å². The molecule has 3 heteroatoms. The first-order valence-electron chi connectivity index (χ1n) is 6.62. The first-order valence-corrected chi connectivity index (χ1v) is 7.56.